The normalized spacial score (nSPS) is 16.7. The molecule has 11 nitrogen and oxygen atoms in total. The maximum absolute atomic E-state index is 15.2. The van der Waals surface area contributed by atoms with Crippen LogP contribution in [0.2, 0.25) is 0 Å². The summed E-state index contributed by atoms with van der Waals surface area (Å²) in [4.78, 5) is 27.0. The molecule has 44 heavy (non-hydrogen) atoms. The van der Waals surface area contributed by atoms with Crippen LogP contribution in [0.1, 0.15) is 47.1 Å². The number of ether oxygens (including phenoxy) is 3. The molecule has 4 aromatic rings. The van der Waals surface area contributed by atoms with Crippen molar-refractivity contribution in [2.45, 2.75) is 71.7 Å². The Kier molecular flexibility index (Phi) is 7.80. The van der Waals surface area contributed by atoms with E-state index in [1.807, 2.05) is 41.5 Å². The largest absolute Gasteiger partial charge is 0.471 e. The molecule has 4 heterocycles. The zero-order valence-corrected chi connectivity index (χ0v) is 25.5. The lowest BCUT2D eigenvalue weighted by atomic mass is 10.1. The van der Waals surface area contributed by atoms with Gasteiger partial charge in [-0.05, 0) is 72.2 Å². The van der Waals surface area contributed by atoms with E-state index < -0.39 is 41.7 Å². The number of anilines is 2. The maximum Gasteiger partial charge on any atom is 0.412 e. The van der Waals surface area contributed by atoms with Gasteiger partial charge >= 0.3 is 18.0 Å². The highest BCUT2D eigenvalue weighted by Gasteiger charge is 2.51. The third-order valence-corrected chi connectivity index (χ3v) is 6.36. The van der Waals surface area contributed by atoms with Crippen molar-refractivity contribution in [1.82, 2.24) is 24.6 Å². The number of rotatable bonds is 6. The van der Waals surface area contributed by atoms with Gasteiger partial charge in [-0.1, -0.05) is 6.07 Å². The average molecular weight is 614 g/mol. The zero-order valence-electron chi connectivity index (χ0n) is 25.5. The molecule has 1 N–H and O–H groups in total. The highest BCUT2D eigenvalue weighted by Crippen LogP contribution is 2.38. The van der Waals surface area contributed by atoms with E-state index in [0.717, 1.165) is 0 Å². The van der Waals surface area contributed by atoms with E-state index in [2.05, 4.69) is 25.4 Å². The third kappa shape index (κ3) is 6.95. The Balaban J connectivity index is 1.46. The zero-order chi connectivity index (χ0) is 32.0. The van der Waals surface area contributed by atoms with Crippen molar-refractivity contribution in [3.8, 4) is 23.1 Å². The summed E-state index contributed by atoms with van der Waals surface area (Å²) in [6.07, 6.45) is 1.56. The molecule has 1 amide bonds. The Morgan fingerprint density at radius 2 is 1.80 bits per heavy atom. The van der Waals surface area contributed by atoms with Crippen LogP contribution in [-0.2, 0) is 4.74 Å². The molecule has 5 rings (SSSR count). The van der Waals surface area contributed by atoms with Crippen LogP contribution in [0.3, 0.4) is 0 Å². The van der Waals surface area contributed by atoms with Crippen molar-refractivity contribution in [2.24, 2.45) is 0 Å². The first-order valence-electron chi connectivity index (χ1n) is 13.9. The van der Waals surface area contributed by atoms with Gasteiger partial charge in [-0.25, -0.2) is 32.4 Å². The van der Waals surface area contributed by atoms with Crippen LogP contribution in [-0.4, -0.2) is 67.0 Å². The van der Waals surface area contributed by atoms with Crippen molar-refractivity contribution in [3.05, 3.63) is 54.2 Å². The monoisotopic (exact) mass is 613 g/mol. The number of carbonyl (C=O) groups is 1. The number of nitrogens with zero attached hydrogens (tertiary/aromatic N) is 6. The number of aromatic nitrogens is 5. The maximum atomic E-state index is 15.2. The molecule has 0 saturated carbocycles. The third-order valence-electron chi connectivity index (χ3n) is 6.36. The fraction of sp³-hybridized carbons (Fsp3) is 0.433. The second-order valence-corrected chi connectivity index (χ2v) is 12.6. The van der Waals surface area contributed by atoms with Gasteiger partial charge in [0.05, 0.1) is 30.0 Å². The second kappa shape index (κ2) is 11.1. The molecule has 0 aliphatic carbocycles. The smallest absolute Gasteiger partial charge is 0.412 e. The summed E-state index contributed by atoms with van der Waals surface area (Å²) in [6.45, 7) is 11.7. The van der Waals surface area contributed by atoms with Gasteiger partial charge < -0.3 is 19.1 Å². The van der Waals surface area contributed by atoms with Crippen molar-refractivity contribution in [2.75, 3.05) is 23.3 Å². The highest BCUT2D eigenvalue weighted by atomic mass is 19.3. The van der Waals surface area contributed by atoms with E-state index in [1.54, 1.807) is 25.3 Å². The first kappa shape index (κ1) is 30.8. The van der Waals surface area contributed by atoms with Crippen molar-refractivity contribution >= 4 is 23.1 Å². The topological polar surface area (TPSA) is 116 Å². The second-order valence-electron chi connectivity index (χ2n) is 12.6. The number of hydrogen-bond donors (Lipinski definition) is 1. The lowest BCUT2D eigenvalue weighted by Gasteiger charge is -2.24. The van der Waals surface area contributed by atoms with Gasteiger partial charge in [0.15, 0.2) is 11.8 Å². The Morgan fingerprint density at radius 3 is 2.48 bits per heavy atom. The molecule has 1 aliphatic heterocycles. The van der Waals surface area contributed by atoms with E-state index in [1.165, 1.54) is 33.9 Å². The lowest BCUT2D eigenvalue weighted by molar-refractivity contribution is -0.0735. The van der Waals surface area contributed by atoms with Gasteiger partial charge in [0.25, 0.3) is 0 Å². The Morgan fingerprint density at radius 1 is 1.07 bits per heavy atom. The summed E-state index contributed by atoms with van der Waals surface area (Å²) in [7, 11) is 0. The van der Waals surface area contributed by atoms with E-state index >= 15 is 8.78 Å². The molecule has 3 aromatic heterocycles. The summed E-state index contributed by atoms with van der Waals surface area (Å²) in [5.74, 6) is -3.94. The number of hydrogen-bond acceptors (Lipinski definition) is 9. The minimum Gasteiger partial charge on any atom is -0.471 e. The van der Waals surface area contributed by atoms with Gasteiger partial charge in [-0.15, -0.1) is 0 Å². The number of carbonyl (C=O) groups excluding carboxylic acids is 1. The summed E-state index contributed by atoms with van der Waals surface area (Å²) in [5.41, 5.74) is 0.602. The molecular formula is C30H34F3N7O4. The van der Waals surface area contributed by atoms with E-state index in [9.17, 15) is 9.18 Å². The number of amides is 1. The lowest BCUT2D eigenvalue weighted by Crippen LogP contribution is -2.37. The minimum atomic E-state index is -3.42. The number of fused-ring (bicyclic) bond motifs is 1. The van der Waals surface area contributed by atoms with E-state index in [4.69, 9.17) is 14.2 Å². The Bertz CT molecular complexity index is 1700. The standard InChI is InChI=1S/C30H34F3N7O4/c1-17-8-9-20(19(31)12-17)36-27(41)42-23-15-39(16-30(23,32)33)22-13-21(38-40-11-10-34-24(22)40)18-14-35-26(44-29(5,6)7)37-25(18)43-28(2,3)4/h8-14,23H,15-16H2,1-7H3,(H,36,41)/t23-/m0/s1. The van der Waals surface area contributed by atoms with Crippen molar-refractivity contribution in [1.29, 1.82) is 0 Å². The van der Waals surface area contributed by atoms with Gasteiger partial charge in [-0.3, -0.25) is 5.32 Å². The first-order valence-corrected chi connectivity index (χ1v) is 13.9. The molecule has 1 saturated heterocycles. The minimum absolute atomic E-state index is 0.104. The Labute approximate surface area is 252 Å². The number of imidazole rings is 1. The highest BCUT2D eigenvalue weighted by molar-refractivity contribution is 5.85. The van der Waals surface area contributed by atoms with Crippen LogP contribution in [0.25, 0.3) is 16.9 Å². The van der Waals surface area contributed by atoms with Crippen LogP contribution in [0.5, 0.6) is 11.9 Å². The van der Waals surface area contributed by atoms with Crippen molar-refractivity contribution < 1.29 is 32.2 Å². The van der Waals surface area contributed by atoms with Crippen LogP contribution in [0, 0.1) is 12.7 Å². The average Bonchev–Trinajstić information content (AvgIpc) is 3.47. The fourth-order valence-corrected chi connectivity index (χ4v) is 4.53. The SMILES string of the molecule is Cc1ccc(NC(=O)O[C@H]2CN(c3cc(-c4cnc(OC(C)(C)C)nc4OC(C)(C)C)nn4ccnc34)CC2(F)F)c(F)c1. The Hall–Kier alpha value is -4.62. The van der Waals surface area contributed by atoms with Gasteiger partial charge in [-0.2, -0.15) is 10.1 Å². The molecule has 0 radical (unpaired) electrons. The quantitative estimate of drug-likeness (QED) is 0.277. The van der Waals surface area contributed by atoms with Crippen LogP contribution in [0.15, 0.2) is 42.9 Å². The molecule has 14 heteroatoms. The predicted octanol–water partition coefficient (Wildman–Crippen LogP) is 6.06. The number of benzene rings is 1. The molecule has 1 fully saturated rings. The number of alkyl halides is 2. The van der Waals surface area contributed by atoms with E-state index in [-0.39, 0.29) is 24.1 Å². The molecular weight excluding hydrogens is 579 g/mol. The number of halogens is 3. The summed E-state index contributed by atoms with van der Waals surface area (Å²) >= 11 is 0. The molecule has 0 spiro atoms. The predicted molar refractivity (Wildman–Crippen MR) is 157 cm³/mol. The fourth-order valence-electron chi connectivity index (χ4n) is 4.53. The summed E-state index contributed by atoms with van der Waals surface area (Å²) in [5, 5.41) is 6.81. The first-order chi connectivity index (χ1) is 20.5. The summed E-state index contributed by atoms with van der Waals surface area (Å²) in [6, 6.07) is 5.82. The molecule has 1 aliphatic rings. The van der Waals surface area contributed by atoms with Crippen LogP contribution in [0.4, 0.5) is 29.3 Å². The number of nitrogens with one attached hydrogen (secondary N) is 1. The molecule has 1 atom stereocenters. The van der Waals surface area contributed by atoms with Gasteiger partial charge in [0.2, 0.25) is 5.88 Å². The molecule has 0 unspecified atom stereocenters. The van der Waals surface area contributed by atoms with E-state index in [0.29, 0.717) is 28.2 Å². The van der Waals surface area contributed by atoms with Gasteiger partial charge in [0.1, 0.15) is 22.7 Å². The van der Waals surface area contributed by atoms with Crippen molar-refractivity contribution in [3.63, 3.8) is 0 Å². The molecule has 234 valence electrons. The summed E-state index contributed by atoms with van der Waals surface area (Å²) < 4.78 is 63.2. The molecule has 1 aromatic carbocycles. The molecule has 0 bridgehead atoms. The van der Waals surface area contributed by atoms with Gasteiger partial charge in [0, 0.05) is 18.6 Å². The van der Waals surface area contributed by atoms with Crippen LogP contribution >= 0.6 is 0 Å². The van der Waals surface area contributed by atoms with Crippen LogP contribution < -0.4 is 19.7 Å². The number of aryl methyl sites for hydroxylation is 1.